The third kappa shape index (κ3) is 3.15. The summed E-state index contributed by atoms with van der Waals surface area (Å²) in [6.07, 6.45) is -0.483. The normalized spacial score (nSPS) is 18.9. The smallest absolute Gasteiger partial charge is 0.414 e. The Balaban J connectivity index is 2.16. The van der Waals surface area contributed by atoms with E-state index in [0.717, 1.165) is 0 Å². The number of carbonyl (C=O) groups is 2. The van der Waals surface area contributed by atoms with Crippen LogP contribution < -0.4 is 9.64 Å². The molecule has 6 heteroatoms. The molecule has 0 radical (unpaired) electrons. The number of rotatable bonds is 4. The Morgan fingerprint density at radius 1 is 1.58 bits per heavy atom. The van der Waals surface area contributed by atoms with Gasteiger partial charge in [0.2, 0.25) is 0 Å². The van der Waals surface area contributed by atoms with Gasteiger partial charge < -0.3 is 14.6 Å². The molecule has 1 aliphatic rings. The molecule has 1 atom stereocenters. The standard InChI is InChI=1S/C13H15NO5/c1-18-11-4-2-3-10(6-11)14-7-9(5-12(15)16)8-19-13(14)17/h2-4,6,9H,5,7-8H2,1H3,(H,15,16). The van der Waals surface area contributed by atoms with Crippen LogP contribution in [0.1, 0.15) is 6.42 Å². The number of carboxylic acid groups (broad SMARTS) is 1. The first-order chi connectivity index (χ1) is 9.10. The van der Waals surface area contributed by atoms with Crippen LogP contribution >= 0.6 is 0 Å². The van der Waals surface area contributed by atoms with Crippen molar-refractivity contribution in [3.63, 3.8) is 0 Å². The van der Waals surface area contributed by atoms with Gasteiger partial charge in [-0.2, -0.15) is 0 Å². The van der Waals surface area contributed by atoms with E-state index in [0.29, 0.717) is 18.0 Å². The molecule has 0 bridgehead atoms. The Bertz CT molecular complexity index is 488. The van der Waals surface area contributed by atoms with Crippen molar-refractivity contribution < 1.29 is 24.2 Å². The number of carbonyl (C=O) groups excluding carboxylic acids is 1. The summed E-state index contributed by atoms with van der Waals surface area (Å²) in [4.78, 5) is 23.9. The summed E-state index contributed by atoms with van der Waals surface area (Å²) in [5.74, 6) is -0.472. The number of benzene rings is 1. The van der Waals surface area contributed by atoms with Crippen LogP contribution in [0.3, 0.4) is 0 Å². The van der Waals surface area contributed by atoms with Gasteiger partial charge >= 0.3 is 12.1 Å². The molecule has 1 saturated heterocycles. The van der Waals surface area contributed by atoms with Gasteiger partial charge in [-0.15, -0.1) is 0 Å². The Kier molecular flexibility index (Phi) is 3.89. The maximum atomic E-state index is 11.7. The Morgan fingerprint density at radius 2 is 2.37 bits per heavy atom. The summed E-state index contributed by atoms with van der Waals surface area (Å²) in [6, 6.07) is 7.01. The molecule has 1 N–H and O–H groups in total. The first-order valence-corrected chi connectivity index (χ1v) is 5.90. The third-order valence-corrected chi connectivity index (χ3v) is 2.93. The Hall–Kier alpha value is -2.24. The fraction of sp³-hybridized carbons (Fsp3) is 0.385. The maximum Gasteiger partial charge on any atom is 0.414 e. The van der Waals surface area contributed by atoms with Crippen LogP contribution in [0.15, 0.2) is 24.3 Å². The molecule has 2 rings (SSSR count). The van der Waals surface area contributed by atoms with Crippen LogP contribution in [0.25, 0.3) is 0 Å². The molecular formula is C13H15NO5. The molecular weight excluding hydrogens is 250 g/mol. The lowest BCUT2D eigenvalue weighted by atomic mass is 10.0. The number of amides is 1. The van der Waals surface area contributed by atoms with Crippen molar-refractivity contribution in [3.8, 4) is 5.75 Å². The molecule has 0 aliphatic carbocycles. The van der Waals surface area contributed by atoms with E-state index in [1.165, 1.54) is 4.90 Å². The number of hydrogen-bond donors (Lipinski definition) is 1. The van der Waals surface area contributed by atoms with Crippen LogP contribution in [-0.4, -0.2) is 37.4 Å². The monoisotopic (exact) mass is 265 g/mol. The van der Waals surface area contributed by atoms with Gasteiger partial charge in [0.1, 0.15) is 5.75 Å². The zero-order chi connectivity index (χ0) is 13.8. The van der Waals surface area contributed by atoms with Gasteiger partial charge in [0.15, 0.2) is 0 Å². The van der Waals surface area contributed by atoms with Gasteiger partial charge in [-0.1, -0.05) is 6.07 Å². The summed E-state index contributed by atoms with van der Waals surface area (Å²) < 4.78 is 10.1. The molecule has 1 unspecified atom stereocenters. The predicted molar refractivity (Wildman–Crippen MR) is 67.4 cm³/mol. The molecule has 1 heterocycles. The van der Waals surface area contributed by atoms with Gasteiger partial charge in [-0.25, -0.2) is 4.79 Å². The second kappa shape index (κ2) is 5.60. The first kappa shape index (κ1) is 13.2. The SMILES string of the molecule is COc1cccc(N2CC(CC(=O)O)COC2=O)c1. The number of nitrogens with zero attached hydrogens (tertiary/aromatic N) is 1. The fourth-order valence-electron chi connectivity index (χ4n) is 2.01. The van der Waals surface area contributed by atoms with Crippen LogP contribution in [0.2, 0.25) is 0 Å². The van der Waals surface area contributed by atoms with Gasteiger partial charge in [0, 0.05) is 18.5 Å². The van der Waals surface area contributed by atoms with Gasteiger partial charge in [0.25, 0.3) is 0 Å². The maximum absolute atomic E-state index is 11.7. The van der Waals surface area contributed by atoms with E-state index in [2.05, 4.69) is 0 Å². The Morgan fingerprint density at radius 3 is 3.05 bits per heavy atom. The van der Waals surface area contributed by atoms with E-state index in [1.807, 2.05) is 0 Å². The van der Waals surface area contributed by atoms with Gasteiger partial charge in [0.05, 0.1) is 25.8 Å². The third-order valence-electron chi connectivity index (χ3n) is 2.93. The highest BCUT2D eigenvalue weighted by Gasteiger charge is 2.29. The van der Waals surface area contributed by atoms with Gasteiger partial charge in [-0.3, -0.25) is 9.69 Å². The fourth-order valence-corrected chi connectivity index (χ4v) is 2.01. The molecule has 1 aliphatic heterocycles. The van der Waals surface area contributed by atoms with Crippen LogP contribution in [-0.2, 0) is 9.53 Å². The topological polar surface area (TPSA) is 76.1 Å². The Labute approximate surface area is 110 Å². The molecule has 0 saturated carbocycles. The molecule has 6 nitrogen and oxygen atoms in total. The van der Waals surface area contributed by atoms with Gasteiger partial charge in [-0.05, 0) is 12.1 Å². The highest BCUT2D eigenvalue weighted by molar-refractivity contribution is 5.88. The lowest BCUT2D eigenvalue weighted by molar-refractivity contribution is -0.138. The van der Waals surface area contributed by atoms with E-state index < -0.39 is 12.1 Å². The highest BCUT2D eigenvalue weighted by Crippen LogP contribution is 2.25. The van der Waals surface area contributed by atoms with Crippen molar-refractivity contribution >= 4 is 17.7 Å². The number of hydrogen-bond acceptors (Lipinski definition) is 4. The minimum absolute atomic E-state index is 0.0201. The van der Waals surface area contributed by atoms with Crippen molar-refractivity contribution in [2.75, 3.05) is 25.2 Å². The van der Waals surface area contributed by atoms with Crippen LogP contribution in [0.5, 0.6) is 5.75 Å². The number of aliphatic carboxylic acids is 1. The van der Waals surface area contributed by atoms with Crippen molar-refractivity contribution in [1.82, 2.24) is 0 Å². The van der Waals surface area contributed by atoms with E-state index >= 15 is 0 Å². The lowest BCUT2D eigenvalue weighted by Crippen LogP contribution is -2.43. The number of methoxy groups -OCH3 is 1. The van der Waals surface area contributed by atoms with Crippen molar-refractivity contribution in [3.05, 3.63) is 24.3 Å². The molecule has 0 spiro atoms. The molecule has 102 valence electrons. The average Bonchev–Trinajstić information content (AvgIpc) is 2.40. The molecule has 1 aromatic rings. The van der Waals surface area contributed by atoms with Crippen molar-refractivity contribution in [2.24, 2.45) is 5.92 Å². The number of cyclic esters (lactones) is 1. The van der Waals surface area contributed by atoms with Crippen molar-refractivity contribution in [1.29, 1.82) is 0 Å². The van der Waals surface area contributed by atoms with E-state index in [9.17, 15) is 9.59 Å². The predicted octanol–water partition coefficient (Wildman–Crippen LogP) is 1.74. The van der Waals surface area contributed by atoms with Crippen LogP contribution in [0, 0.1) is 5.92 Å². The first-order valence-electron chi connectivity index (χ1n) is 5.90. The largest absolute Gasteiger partial charge is 0.497 e. The zero-order valence-corrected chi connectivity index (χ0v) is 10.5. The summed E-state index contributed by atoms with van der Waals surface area (Å²) in [6.45, 7) is 0.476. The number of anilines is 1. The van der Waals surface area contributed by atoms with E-state index in [4.69, 9.17) is 14.6 Å². The molecule has 19 heavy (non-hydrogen) atoms. The molecule has 1 fully saturated rings. The summed E-state index contributed by atoms with van der Waals surface area (Å²) >= 11 is 0. The van der Waals surface area contributed by atoms with Crippen LogP contribution in [0.4, 0.5) is 10.5 Å². The quantitative estimate of drug-likeness (QED) is 0.897. The molecule has 1 amide bonds. The van der Waals surface area contributed by atoms with Crippen molar-refractivity contribution in [2.45, 2.75) is 6.42 Å². The average molecular weight is 265 g/mol. The number of ether oxygens (including phenoxy) is 2. The summed E-state index contributed by atoms with van der Waals surface area (Å²) in [5, 5.41) is 8.79. The van der Waals surface area contributed by atoms with E-state index in [-0.39, 0.29) is 18.9 Å². The second-order valence-corrected chi connectivity index (χ2v) is 4.35. The summed E-state index contributed by atoms with van der Waals surface area (Å²) in [5.41, 5.74) is 0.638. The molecule has 1 aromatic carbocycles. The minimum atomic E-state index is -0.895. The second-order valence-electron chi connectivity index (χ2n) is 4.35. The number of carboxylic acids is 1. The van der Waals surface area contributed by atoms with E-state index in [1.54, 1.807) is 31.4 Å². The minimum Gasteiger partial charge on any atom is -0.497 e. The summed E-state index contributed by atoms with van der Waals surface area (Å²) in [7, 11) is 1.54. The zero-order valence-electron chi connectivity index (χ0n) is 10.5. The highest BCUT2D eigenvalue weighted by atomic mass is 16.6. The lowest BCUT2D eigenvalue weighted by Gasteiger charge is -2.31. The molecule has 0 aromatic heterocycles.